The zero-order valence-electron chi connectivity index (χ0n) is 29.0. The molecular weight excluding hydrogens is 598 g/mol. The number of alkyl carbamates (subject to hydrolysis) is 1. The minimum atomic E-state index is -1.03. The highest BCUT2D eigenvalue weighted by molar-refractivity contribution is 7.98. The van der Waals surface area contributed by atoms with Gasteiger partial charge in [-0.1, -0.05) is 34.6 Å². The smallest absolute Gasteiger partial charge is 0.408 e. The molecule has 0 radical (unpaired) electrons. The number of carbonyl (C=O) groups excluding carboxylic acids is 5. The van der Waals surface area contributed by atoms with Gasteiger partial charge in [-0.25, -0.2) is 4.79 Å². The summed E-state index contributed by atoms with van der Waals surface area (Å²) in [6.45, 7) is 17.3. The number of aliphatic hydroxyl groups is 1. The van der Waals surface area contributed by atoms with Gasteiger partial charge in [0.25, 0.3) is 0 Å². The molecule has 12 nitrogen and oxygen atoms in total. The monoisotopic (exact) mass is 657 g/mol. The summed E-state index contributed by atoms with van der Waals surface area (Å²) in [4.78, 5) is 66.8. The number of thioether (sulfide) groups is 1. The number of nitrogens with zero attached hydrogens (tertiary/aromatic N) is 1. The maximum Gasteiger partial charge on any atom is 0.408 e. The fraction of sp³-hybridized carbons (Fsp3) is 0.844. The van der Waals surface area contributed by atoms with Crippen LogP contribution in [0.1, 0.15) is 94.4 Å². The van der Waals surface area contributed by atoms with Gasteiger partial charge < -0.3 is 36.0 Å². The lowest BCUT2D eigenvalue weighted by Crippen LogP contribution is -2.58. The van der Waals surface area contributed by atoms with E-state index in [-0.39, 0.29) is 30.1 Å². The van der Waals surface area contributed by atoms with Gasteiger partial charge in [0.05, 0.1) is 12.1 Å². The standard InChI is InChI=1S/C32H59N5O7S/c1-11-33-28(40)24-13-12-15-37(24)30(42)21(6)18-25(38)23(17-19(2)3)35-27(39)22(14-16-45-10)34-29(41)26(20(4)5)36-31(43)44-32(7,8)9/h19-26,38H,11-18H2,1-10H3,(H,33,40)(H,34,41)(H,35,39)(H,36,43)/t21-,22+,23+,24?,25+,26+/m1/s1. The Morgan fingerprint density at radius 3 is 2.16 bits per heavy atom. The topological polar surface area (TPSA) is 166 Å². The Kier molecular flexibility index (Phi) is 17.3. The van der Waals surface area contributed by atoms with Crippen LogP contribution in [0, 0.1) is 17.8 Å². The number of amides is 5. The van der Waals surface area contributed by atoms with Gasteiger partial charge in [-0.05, 0) is 83.6 Å². The van der Waals surface area contributed by atoms with Crippen LogP contribution in [-0.2, 0) is 23.9 Å². The van der Waals surface area contributed by atoms with E-state index in [2.05, 4.69) is 21.3 Å². The van der Waals surface area contributed by atoms with Crippen LogP contribution in [-0.4, -0.2) is 101 Å². The van der Waals surface area contributed by atoms with E-state index in [1.165, 1.54) is 11.8 Å². The zero-order valence-corrected chi connectivity index (χ0v) is 29.8. The molecule has 260 valence electrons. The number of likely N-dealkylation sites (tertiary alicyclic amines) is 1. The van der Waals surface area contributed by atoms with E-state index in [9.17, 15) is 29.1 Å². The number of nitrogens with one attached hydrogen (secondary N) is 4. The molecule has 1 aliphatic rings. The second-order valence-electron chi connectivity index (χ2n) is 13.7. The molecule has 5 N–H and O–H groups in total. The minimum absolute atomic E-state index is 0.103. The maximum absolute atomic E-state index is 13.6. The summed E-state index contributed by atoms with van der Waals surface area (Å²) in [7, 11) is 0. The van der Waals surface area contributed by atoms with E-state index < -0.39 is 59.7 Å². The molecule has 0 spiro atoms. The van der Waals surface area contributed by atoms with Crippen molar-refractivity contribution in [2.24, 2.45) is 17.8 Å². The third-order valence-corrected chi connectivity index (χ3v) is 8.23. The first kappa shape index (κ1) is 40.5. The molecule has 0 aromatic heterocycles. The Hall–Kier alpha value is -2.54. The highest BCUT2D eigenvalue weighted by Crippen LogP contribution is 2.23. The SMILES string of the molecule is CCNC(=O)C1CCCN1C(=O)[C@H](C)C[C@H](O)[C@H](CC(C)C)NC(=O)[C@H](CCSC)NC(=O)[C@@H](NC(=O)OC(C)(C)C)C(C)C. The average molecular weight is 658 g/mol. The van der Waals surface area contributed by atoms with Crippen molar-refractivity contribution >= 4 is 41.5 Å². The van der Waals surface area contributed by atoms with Crippen molar-refractivity contribution in [2.45, 2.75) is 130 Å². The predicted octanol–water partition coefficient (Wildman–Crippen LogP) is 2.82. The van der Waals surface area contributed by atoms with Gasteiger partial charge in [0, 0.05) is 19.0 Å². The van der Waals surface area contributed by atoms with Gasteiger partial charge >= 0.3 is 6.09 Å². The van der Waals surface area contributed by atoms with Crippen molar-refractivity contribution in [3.05, 3.63) is 0 Å². The number of carbonyl (C=O) groups is 5. The normalized spacial score (nSPS) is 18.5. The molecule has 1 heterocycles. The third-order valence-electron chi connectivity index (χ3n) is 7.59. The summed E-state index contributed by atoms with van der Waals surface area (Å²) in [6, 6.07) is -3.01. The fourth-order valence-corrected chi connectivity index (χ4v) is 5.82. The Morgan fingerprint density at radius 1 is 0.978 bits per heavy atom. The van der Waals surface area contributed by atoms with Gasteiger partial charge in [-0.15, -0.1) is 0 Å². The van der Waals surface area contributed by atoms with Crippen LogP contribution in [0.3, 0.4) is 0 Å². The molecule has 0 aromatic rings. The number of hydrogen-bond acceptors (Lipinski definition) is 8. The molecule has 1 rings (SSSR count). The lowest BCUT2D eigenvalue weighted by Gasteiger charge is -2.32. The van der Waals surface area contributed by atoms with Crippen molar-refractivity contribution in [2.75, 3.05) is 25.1 Å². The fourth-order valence-electron chi connectivity index (χ4n) is 5.34. The molecule has 0 aliphatic carbocycles. The highest BCUT2D eigenvalue weighted by atomic mass is 32.2. The summed E-state index contributed by atoms with van der Waals surface area (Å²) >= 11 is 1.53. The predicted molar refractivity (Wildman–Crippen MR) is 178 cm³/mol. The summed E-state index contributed by atoms with van der Waals surface area (Å²) in [5.74, 6) is -1.45. The number of rotatable bonds is 17. The van der Waals surface area contributed by atoms with Crippen LogP contribution in [0.2, 0.25) is 0 Å². The lowest BCUT2D eigenvalue weighted by atomic mass is 9.91. The molecule has 0 aromatic carbocycles. The van der Waals surface area contributed by atoms with Crippen LogP contribution < -0.4 is 21.3 Å². The molecule has 6 atom stereocenters. The summed E-state index contributed by atoms with van der Waals surface area (Å²) in [6.07, 6.45) is 2.38. The van der Waals surface area contributed by atoms with Gasteiger partial charge in [0.1, 0.15) is 23.7 Å². The van der Waals surface area contributed by atoms with Crippen molar-refractivity contribution in [3.8, 4) is 0 Å². The second-order valence-corrected chi connectivity index (χ2v) is 14.7. The van der Waals surface area contributed by atoms with E-state index in [0.29, 0.717) is 38.1 Å². The maximum atomic E-state index is 13.6. The minimum Gasteiger partial charge on any atom is -0.444 e. The first-order chi connectivity index (χ1) is 20.9. The first-order valence-corrected chi connectivity index (χ1v) is 17.7. The Bertz CT molecular complexity index is 987. The molecular formula is C32H59N5O7S. The van der Waals surface area contributed by atoms with Gasteiger partial charge in [0.2, 0.25) is 23.6 Å². The lowest BCUT2D eigenvalue weighted by molar-refractivity contribution is -0.142. The van der Waals surface area contributed by atoms with Crippen LogP contribution in [0.5, 0.6) is 0 Å². The van der Waals surface area contributed by atoms with Crippen molar-refractivity contribution < 1.29 is 33.8 Å². The van der Waals surface area contributed by atoms with E-state index in [1.54, 1.807) is 46.4 Å². The Morgan fingerprint density at radius 2 is 1.62 bits per heavy atom. The summed E-state index contributed by atoms with van der Waals surface area (Å²) in [5, 5.41) is 22.5. The molecule has 0 bridgehead atoms. The van der Waals surface area contributed by atoms with Crippen molar-refractivity contribution in [1.29, 1.82) is 0 Å². The molecule has 45 heavy (non-hydrogen) atoms. The van der Waals surface area contributed by atoms with Crippen molar-refractivity contribution in [3.63, 3.8) is 0 Å². The first-order valence-electron chi connectivity index (χ1n) is 16.3. The molecule has 1 aliphatic heterocycles. The quantitative estimate of drug-likeness (QED) is 0.159. The van der Waals surface area contributed by atoms with E-state index in [1.807, 2.05) is 27.0 Å². The van der Waals surface area contributed by atoms with Crippen LogP contribution >= 0.6 is 11.8 Å². The summed E-state index contributed by atoms with van der Waals surface area (Å²) < 4.78 is 5.32. The number of aliphatic hydroxyl groups excluding tert-OH is 1. The van der Waals surface area contributed by atoms with E-state index in [4.69, 9.17) is 4.74 Å². The summed E-state index contributed by atoms with van der Waals surface area (Å²) in [5.41, 5.74) is -0.739. The van der Waals surface area contributed by atoms with Crippen LogP contribution in [0.15, 0.2) is 0 Å². The second kappa shape index (κ2) is 19.2. The molecule has 13 heteroatoms. The average Bonchev–Trinajstić information content (AvgIpc) is 3.41. The third kappa shape index (κ3) is 14.2. The number of ether oxygens (including phenoxy) is 1. The molecule has 1 unspecified atom stereocenters. The molecule has 5 amide bonds. The number of likely N-dealkylation sites (N-methyl/N-ethyl adjacent to an activating group) is 1. The number of hydrogen-bond donors (Lipinski definition) is 5. The Balaban J connectivity index is 3.04. The van der Waals surface area contributed by atoms with E-state index >= 15 is 0 Å². The molecule has 0 saturated carbocycles. The van der Waals surface area contributed by atoms with Crippen LogP contribution in [0.25, 0.3) is 0 Å². The largest absolute Gasteiger partial charge is 0.444 e. The van der Waals surface area contributed by atoms with Gasteiger partial charge in [-0.2, -0.15) is 11.8 Å². The van der Waals surface area contributed by atoms with Crippen LogP contribution in [0.4, 0.5) is 4.79 Å². The highest BCUT2D eigenvalue weighted by Gasteiger charge is 2.37. The van der Waals surface area contributed by atoms with Gasteiger partial charge in [0.15, 0.2) is 0 Å². The van der Waals surface area contributed by atoms with E-state index in [0.717, 1.165) is 6.42 Å². The van der Waals surface area contributed by atoms with Gasteiger partial charge in [-0.3, -0.25) is 19.2 Å². The molecule has 1 fully saturated rings. The zero-order chi connectivity index (χ0) is 34.5. The Labute approximate surface area is 274 Å². The van der Waals surface area contributed by atoms with Crippen molar-refractivity contribution in [1.82, 2.24) is 26.2 Å². The molecule has 1 saturated heterocycles.